The molecule has 2 amide bonds. The molecule has 0 aliphatic carbocycles. The van der Waals surface area contributed by atoms with Crippen molar-refractivity contribution in [1.29, 1.82) is 5.41 Å². The van der Waals surface area contributed by atoms with Gasteiger partial charge in [-0.05, 0) is 37.6 Å². The van der Waals surface area contributed by atoms with Crippen molar-refractivity contribution in [2.45, 2.75) is 19.9 Å². The third-order valence-electron chi connectivity index (χ3n) is 4.69. The molecule has 2 aromatic heterocycles. The number of hydrogen-bond acceptors (Lipinski definition) is 9. The van der Waals surface area contributed by atoms with E-state index < -0.39 is 6.04 Å². The van der Waals surface area contributed by atoms with E-state index in [4.69, 9.17) is 11.3 Å². The second-order valence-electron chi connectivity index (χ2n) is 7.01. The highest BCUT2D eigenvalue weighted by molar-refractivity contribution is 7.18. The Balaban J connectivity index is 1.93. The molecule has 11 nitrogen and oxygen atoms in total. The van der Waals surface area contributed by atoms with E-state index in [9.17, 15) is 9.59 Å². The third-order valence-corrected chi connectivity index (χ3v) is 5.65. The smallest absolute Gasteiger partial charge is 0.246 e. The predicted octanol–water partition coefficient (Wildman–Crippen LogP) is 1.85. The van der Waals surface area contributed by atoms with Crippen molar-refractivity contribution in [3.8, 4) is 10.4 Å². The SMILES string of the molecule is C=CC(=O)N(C)[C@@H](C)C(=O)NCCN(N)C(=N)/C=C(\N=C\C)Nc1ncc(-c2ccncc2)s1. The van der Waals surface area contributed by atoms with Gasteiger partial charge in [-0.25, -0.2) is 15.8 Å². The Labute approximate surface area is 202 Å². The van der Waals surface area contributed by atoms with Gasteiger partial charge >= 0.3 is 0 Å². The first kappa shape index (κ1) is 26.4. The van der Waals surface area contributed by atoms with Crippen LogP contribution in [0.5, 0.6) is 0 Å². The highest BCUT2D eigenvalue weighted by atomic mass is 32.1. The van der Waals surface area contributed by atoms with E-state index in [0.29, 0.717) is 11.0 Å². The summed E-state index contributed by atoms with van der Waals surface area (Å²) in [6, 6.07) is 3.13. The highest BCUT2D eigenvalue weighted by Gasteiger charge is 2.20. The number of anilines is 1. The minimum Gasteiger partial charge on any atom is -0.352 e. The minimum absolute atomic E-state index is 0.0136. The summed E-state index contributed by atoms with van der Waals surface area (Å²) in [6.07, 6.45) is 9.39. The van der Waals surface area contributed by atoms with Crippen molar-refractivity contribution in [1.82, 2.24) is 25.2 Å². The van der Waals surface area contributed by atoms with E-state index in [1.807, 2.05) is 12.1 Å². The molecule has 12 heteroatoms. The second kappa shape index (κ2) is 13.0. The average Bonchev–Trinajstić information content (AvgIpc) is 3.31. The topological polar surface area (TPSA) is 153 Å². The number of amidine groups is 1. The maximum atomic E-state index is 12.2. The number of hydrazine groups is 1. The third kappa shape index (κ3) is 7.60. The van der Waals surface area contributed by atoms with Gasteiger partial charge in [0.15, 0.2) is 5.13 Å². The summed E-state index contributed by atoms with van der Waals surface area (Å²) in [4.78, 5) is 38.7. The summed E-state index contributed by atoms with van der Waals surface area (Å²) in [7, 11) is 1.52. The molecule has 0 bridgehead atoms. The van der Waals surface area contributed by atoms with E-state index >= 15 is 0 Å². The lowest BCUT2D eigenvalue weighted by Crippen LogP contribution is -2.48. The van der Waals surface area contributed by atoms with Crippen LogP contribution in [-0.2, 0) is 9.59 Å². The van der Waals surface area contributed by atoms with Gasteiger partial charge in [0, 0.05) is 44.5 Å². The molecule has 0 fully saturated rings. The second-order valence-corrected chi connectivity index (χ2v) is 8.04. The van der Waals surface area contributed by atoms with E-state index in [1.54, 1.807) is 38.7 Å². The molecule has 2 rings (SSSR count). The lowest BCUT2D eigenvalue weighted by atomic mass is 10.2. The number of likely N-dealkylation sites (N-methyl/N-ethyl adjacent to an activating group) is 1. The van der Waals surface area contributed by atoms with Crippen LogP contribution < -0.4 is 16.5 Å². The Hall–Kier alpha value is -3.90. The number of carbonyl (C=O) groups is 2. The number of aliphatic imine (C=N–C) groups is 1. The fourth-order valence-electron chi connectivity index (χ4n) is 2.63. The van der Waals surface area contributed by atoms with E-state index in [1.165, 1.54) is 34.4 Å². The van der Waals surface area contributed by atoms with Crippen LogP contribution in [0.25, 0.3) is 10.4 Å². The summed E-state index contributed by atoms with van der Waals surface area (Å²) >= 11 is 1.44. The van der Waals surface area contributed by atoms with Crippen LogP contribution in [0.15, 0.2) is 60.3 Å². The van der Waals surface area contributed by atoms with Gasteiger partial charge in [0.05, 0.1) is 11.4 Å². The quantitative estimate of drug-likeness (QED) is 0.125. The monoisotopic (exact) mass is 483 g/mol. The number of carbonyl (C=O) groups excluding carboxylic acids is 2. The lowest BCUT2D eigenvalue weighted by Gasteiger charge is -2.23. The van der Waals surface area contributed by atoms with Gasteiger partial charge in [-0.2, -0.15) is 0 Å². The molecule has 0 spiro atoms. The highest BCUT2D eigenvalue weighted by Crippen LogP contribution is 2.29. The van der Waals surface area contributed by atoms with Crippen LogP contribution in [0, 0.1) is 5.41 Å². The first-order chi connectivity index (χ1) is 16.3. The summed E-state index contributed by atoms with van der Waals surface area (Å²) in [6.45, 7) is 7.15. The molecule has 180 valence electrons. The van der Waals surface area contributed by atoms with E-state index in [-0.39, 0.29) is 30.7 Å². The average molecular weight is 484 g/mol. The first-order valence-corrected chi connectivity index (χ1v) is 11.2. The number of hydrogen-bond donors (Lipinski definition) is 4. The zero-order valence-electron chi connectivity index (χ0n) is 19.4. The zero-order chi connectivity index (χ0) is 25.1. The van der Waals surface area contributed by atoms with Gasteiger partial charge in [-0.1, -0.05) is 17.9 Å². The summed E-state index contributed by atoms with van der Waals surface area (Å²) in [5.41, 5.74) is 1.00. The van der Waals surface area contributed by atoms with Crippen molar-refractivity contribution < 1.29 is 9.59 Å². The van der Waals surface area contributed by atoms with Gasteiger partial charge in [0.1, 0.15) is 17.7 Å². The van der Waals surface area contributed by atoms with Crippen LogP contribution in [0.2, 0.25) is 0 Å². The number of pyridine rings is 1. The first-order valence-electron chi connectivity index (χ1n) is 10.4. The van der Waals surface area contributed by atoms with Crippen molar-refractivity contribution in [3.05, 3.63) is 55.3 Å². The van der Waals surface area contributed by atoms with Gasteiger partial charge in [-0.15, -0.1) is 0 Å². The summed E-state index contributed by atoms with van der Waals surface area (Å²) < 4.78 is 0. The molecule has 34 heavy (non-hydrogen) atoms. The van der Waals surface area contributed by atoms with E-state index in [2.05, 4.69) is 32.2 Å². The number of nitrogens with zero attached hydrogens (tertiary/aromatic N) is 5. The molecule has 1 atom stereocenters. The Morgan fingerprint density at radius 2 is 2.09 bits per heavy atom. The van der Waals surface area contributed by atoms with Crippen LogP contribution in [0.1, 0.15) is 13.8 Å². The fourth-order valence-corrected chi connectivity index (χ4v) is 3.46. The van der Waals surface area contributed by atoms with Gasteiger partial charge in [0.25, 0.3) is 0 Å². The maximum absolute atomic E-state index is 12.2. The molecule has 2 aromatic rings. The summed E-state index contributed by atoms with van der Waals surface area (Å²) in [5, 5.41) is 15.8. The number of thiazole rings is 1. The summed E-state index contributed by atoms with van der Waals surface area (Å²) in [5.74, 6) is 5.66. The number of rotatable bonds is 11. The van der Waals surface area contributed by atoms with Crippen LogP contribution in [0.4, 0.5) is 5.13 Å². The van der Waals surface area contributed by atoms with Crippen LogP contribution >= 0.6 is 11.3 Å². The standard InChI is InChI=1S/C22H29N9O2S/c1-5-20(32)30(4)15(3)21(33)27-11-12-31(24)18(23)13-19(26-6-2)29-22-28-14-17(34-22)16-7-9-25-10-8-16/h5-10,13-15,23H,1,11-12,24H2,2-4H3,(H,27,33)(H,28,29)/b19-13+,23-18?,26-6+/t15-/m0/s1. The molecule has 0 aromatic carbocycles. The Bertz CT molecular complexity index is 1070. The molecule has 5 N–H and O–H groups in total. The van der Waals surface area contributed by atoms with E-state index in [0.717, 1.165) is 16.5 Å². The zero-order valence-corrected chi connectivity index (χ0v) is 20.2. The molecule has 0 unspecified atom stereocenters. The number of amides is 2. The van der Waals surface area contributed by atoms with Crippen molar-refractivity contribution >= 4 is 40.3 Å². The van der Waals surface area contributed by atoms with Gasteiger partial charge in [-0.3, -0.25) is 25.0 Å². The molecule has 0 radical (unpaired) electrons. The fraction of sp³-hybridized carbons (Fsp3) is 0.273. The largest absolute Gasteiger partial charge is 0.352 e. The Morgan fingerprint density at radius 1 is 1.38 bits per heavy atom. The van der Waals surface area contributed by atoms with Crippen molar-refractivity contribution in [2.24, 2.45) is 10.8 Å². The van der Waals surface area contributed by atoms with Crippen molar-refractivity contribution in [3.63, 3.8) is 0 Å². The number of aromatic nitrogens is 2. The van der Waals surface area contributed by atoms with Gasteiger partial charge < -0.3 is 15.5 Å². The Kier molecular flexibility index (Phi) is 10.0. The molecule has 0 saturated heterocycles. The molecule has 0 aliphatic rings. The van der Waals surface area contributed by atoms with Gasteiger partial charge in [0.2, 0.25) is 11.8 Å². The molecular weight excluding hydrogens is 454 g/mol. The van der Waals surface area contributed by atoms with Crippen LogP contribution in [0.3, 0.4) is 0 Å². The maximum Gasteiger partial charge on any atom is 0.246 e. The Morgan fingerprint density at radius 3 is 2.74 bits per heavy atom. The van der Waals surface area contributed by atoms with Crippen LogP contribution in [-0.4, -0.2) is 69.9 Å². The molecular formula is C22H29N9O2S. The minimum atomic E-state index is -0.666. The number of nitrogens with two attached hydrogens (primary N) is 1. The number of nitrogens with one attached hydrogen (secondary N) is 3. The lowest BCUT2D eigenvalue weighted by molar-refractivity contribution is -0.135. The normalized spacial score (nSPS) is 12.2. The molecule has 2 heterocycles. The molecule has 0 saturated carbocycles. The molecule has 0 aliphatic heterocycles. The van der Waals surface area contributed by atoms with Crippen molar-refractivity contribution in [2.75, 3.05) is 25.5 Å². The predicted molar refractivity (Wildman–Crippen MR) is 135 cm³/mol.